The monoisotopic (exact) mass is 440 g/mol. The van der Waals surface area contributed by atoms with Gasteiger partial charge in [0.05, 0.1) is 23.6 Å². The van der Waals surface area contributed by atoms with Gasteiger partial charge in [-0.3, -0.25) is 9.78 Å². The van der Waals surface area contributed by atoms with Gasteiger partial charge in [0.15, 0.2) is 0 Å². The maximum Gasteiger partial charge on any atom is 0.314 e. The third-order valence-corrected chi connectivity index (χ3v) is 7.07. The maximum atomic E-state index is 12.6. The number of hydrogen-bond donors (Lipinski definition) is 0. The molecule has 0 N–H and O–H groups in total. The fraction of sp³-hybridized carbons (Fsp3) is 0.750. The molecule has 1 fully saturated rings. The molecule has 0 aromatic carbocycles. The van der Waals surface area contributed by atoms with E-state index < -0.39 is 0 Å². The van der Waals surface area contributed by atoms with E-state index >= 15 is 0 Å². The van der Waals surface area contributed by atoms with Crippen LogP contribution in [0.1, 0.15) is 122 Å². The second kappa shape index (κ2) is 15.0. The van der Waals surface area contributed by atoms with E-state index in [1.54, 1.807) is 6.20 Å². The predicted molar refractivity (Wildman–Crippen MR) is 130 cm³/mol. The van der Waals surface area contributed by atoms with Gasteiger partial charge in [-0.2, -0.15) is 5.26 Å². The number of carbonyl (C=O) groups is 1. The van der Waals surface area contributed by atoms with Gasteiger partial charge in [0.25, 0.3) is 0 Å². The highest BCUT2D eigenvalue weighted by molar-refractivity contribution is 5.75. The van der Waals surface area contributed by atoms with Crippen LogP contribution in [0, 0.1) is 22.7 Å². The van der Waals surface area contributed by atoms with Crippen LogP contribution >= 0.6 is 0 Å². The van der Waals surface area contributed by atoms with Gasteiger partial charge in [-0.1, -0.05) is 78.1 Å². The number of hydrogen-bond acceptors (Lipinski definition) is 4. The van der Waals surface area contributed by atoms with Gasteiger partial charge in [-0.25, -0.2) is 0 Å². The molecule has 1 aliphatic carbocycles. The standard InChI is InChI=1S/C28H44N2O2/c1-3-5-7-9-10-12-14-25-15-16-26(22-30-25)32-27(31)24-17-20-28(23-29,21-18-24)19-13-11-8-6-4-2/h15-16,22,24H,3-14,17-21H2,1-2H3/t24-,28-. The van der Waals surface area contributed by atoms with Crippen molar-refractivity contribution in [3.8, 4) is 11.8 Å². The van der Waals surface area contributed by atoms with E-state index in [0.717, 1.165) is 57.1 Å². The highest BCUT2D eigenvalue weighted by Crippen LogP contribution is 2.42. The van der Waals surface area contributed by atoms with E-state index in [1.165, 1.54) is 57.8 Å². The highest BCUT2D eigenvalue weighted by atomic mass is 16.5. The molecule has 0 spiro atoms. The number of esters is 1. The average Bonchev–Trinajstić information content (AvgIpc) is 2.82. The summed E-state index contributed by atoms with van der Waals surface area (Å²) in [7, 11) is 0. The Kier molecular flexibility index (Phi) is 12.4. The molecular formula is C28H44N2O2. The summed E-state index contributed by atoms with van der Waals surface area (Å²) < 4.78 is 5.62. The minimum atomic E-state index is -0.233. The Hall–Kier alpha value is -1.89. The van der Waals surface area contributed by atoms with Crippen molar-refractivity contribution in [3.63, 3.8) is 0 Å². The number of nitrogens with zero attached hydrogens (tertiary/aromatic N) is 2. The van der Waals surface area contributed by atoms with Crippen molar-refractivity contribution in [2.75, 3.05) is 0 Å². The van der Waals surface area contributed by atoms with Gasteiger partial charge >= 0.3 is 5.97 Å². The first-order valence-electron chi connectivity index (χ1n) is 13.2. The summed E-state index contributed by atoms with van der Waals surface area (Å²) in [5, 5.41) is 9.77. The quantitative estimate of drug-likeness (QED) is 0.205. The number of aromatic nitrogens is 1. The number of nitriles is 1. The van der Waals surface area contributed by atoms with Crippen LogP contribution in [0.15, 0.2) is 18.3 Å². The Morgan fingerprint density at radius 2 is 1.62 bits per heavy atom. The molecule has 178 valence electrons. The van der Waals surface area contributed by atoms with E-state index in [9.17, 15) is 10.1 Å². The molecule has 1 aliphatic rings. The first-order valence-corrected chi connectivity index (χ1v) is 13.2. The van der Waals surface area contributed by atoms with E-state index in [-0.39, 0.29) is 17.3 Å². The second-order valence-corrected chi connectivity index (χ2v) is 9.75. The fourth-order valence-corrected chi connectivity index (χ4v) is 4.80. The maximum absolute atomic E-state index is 12.6. The second-order valence-electron chi connectivity index (χ2n) is 9.75. The van der Waals surface area contributed by atoms with Gasteiger partial charge in [-0.05, 0) is 57.1 Å². The summed E-state index contributed by atoms with van der Waals surface area (Å²) in [5.41, 5.74) is 0.832. The van der Waals surface area contributed by atoms with Gasteiger partial charge in [0, 0.05) is 5.69 Å². The van der Waals surface area contributed by atoms with Crippen molar-refractivity contribution in [1.82, 2.24) is 4.98 Å². The molecule has 1 saturated carbocycles. The van der Waals surface area contributed by atoms with Crippen molar-refractivity contribution in [1.29, 1.82) is 5.26 Å². The summed E-state index contributed by atoms with van der Waals surface area (Å²) in [6.07, 6.45) is 20.5. The molecule has 0 saturated heterocycles. The molecule has 0 radical (unpaired) electrons. The molecule has 0 atom stereocenters. The number of pyridine rings is 1. The van der Waals surface area contributed by atoms with Crippen molar-refractivity contribution in [2.24, 2.45) is 11.3 Å². The molecule has 1 aromatic heterocycles. The van der Waals surface area contributed by atoms with Crippen molar-refractivity contribution >= 4 is 5.97 Å². The molecule has 2 rings (SSSR count). The zero-order valence-corrected chi connectivity index (χ0v) is 20.5. The largest absolute Gasteiger partial charge is 0.425 e. The molecule has 0 amide bonds. The molecule has 1 heterocycles. The van der Waals surface area contributed by atoms with Crippen molar-refractivity contribution in [3.05, 3.63) is 24.0 Å². The minimum Gasteiger partial charge on any atom is -0.425 e. The van der Waals surface area contributed by atoms with Crippen LogP contribution in [0.25, 0.3) is 0 Å². The van der Waals surface area contributed by atoms with E-state index in [1.807, 2.05) is 12.1 Å². The molecule has 4 heteroatoms. The summed E-state index contributed by atoms with van der Waals surface area (Å²) >= 11 is 0. The summed E-state index contributed by atoms with van der Waals surface area (Å²) in [4.78, 5) is 17.1. The van der Waals surface area contributed by atoms with Crippen LogP contribution in [0.3, 0.4) is 0 Å². The number of ether oxygens (including phenoxy) is 1. The predicted octanol–water partition coefficient (Wildman–Crippen LogP) is 7.95. The Morgan fingerprint density at radius 3 is 2.22 bits per heavy atom. The number of carbonyl (C=O) groups excluding carboxylic acids is 1. The zero-order chi connectivity index (χ0) is 23.1. The van der Waals surface area contributed by atoms with Crippen molar-refractivity contribution < 1.29 is 9.53 Å². The number of unbranched alkanes of at least 4 members (excludes halogenated alkanes) is 9. The van der Waals surface area contributed by atoms with E-state index in [2.05, 4.69) is 24.9 Å². The molecule has 0 aliphatic heterocycles. The Bertz CT molecular complexity index is 684. The fourth-order valence-electron chi connectivity index (χ4n) is 4.80. The highest BCUT2D eigenvalue weighted by Gasteiger charge is 2.37. The first-order chi connectivity index (χ1) is 15.6. The molecular weight excluding hydrogens is 396 g/mol. The third-order valence-electron chi connectivity index (χ3n) is 7.07. The van der Waals surface area contributed by atoms with Gasteiger partial charge in [0.1, 0.15) is 5.75 Å². The van der Waals surface area contributed by atoms with Crippen LogP contribution in [0.5, 0.6) is 5.75 Å². The molecule has 4 nitrogen and oxygen atoms in total. The first kappa shape index (κ1) is 26.4. The summed E-state index contributed by atoms with van der Waals surface area (Å²) in [6.45, 7) is 4.46. The lowest BCUT2D eigenvalue weighted by Gasteiger charge is -2.34. The smallest absolute Gasteiger partial charge is 0.314 e. The zero-order valence-electron chi connectivity index (χ0n) is 20.5. The van der Waals surface area contributed by atoms with Crippen molar-refractivity contribution in [2.45, 2.75) is 123 Å². The SMILES string of the molecule is CCCCCCCCc1ccc(OC(=O)[C@H]2CC[C@@](C#N)(CCCCCCC)CC2)cn1. The summed E-state index contributed by atoms with van der Waals surface area (Å²) in [5.74, 6) is 0.277. The number of rotatable bonds is 15. The minimum absolute atomic E-state index is 0.0978. The lowest BCUT2D eigenvalue weighted by Crippen LogP contribution is -2.31. The topological polar surface area (TPSA) is 63.0 Å². The molecule has 32 heavy (non-hydrogen) atoms. The molecule has 1 aromatic rings. The van der Waals surface area contributed by atoms with Gasteiger partial charge in [-0.15, -0.1) is 0 Å². The molecule has 0 unspecified atom stereocenters. The Balaban J connectivity index is 1.70. The summed E-state index contributed by atoms with van der Waals surface area (Å²) in [6, 6.07) is 6.44. The lowest BCUT2D eigenvalue weighted by atomic mass is 9.69. The van der Waals surface area contributed by atoms with Crippen LogP contribution in [-0.4, -0.2) is 11.0 Å². The normalized spacial score (nSPS) is 20.6. The lowest BCUT2D eigenvalue weighted by molar-refractivity contribution is -0.140. The number of aryl methyl sites for hydroxylation is 1. The van der Waals surface area contributed by atoms with E-state index in [0.29, 0.717) is 5.75 Å². The van der Waals surface area contributed by atoms with Crippen LogP contribution < -0.4 is 4.74 Å². The van der Waals surface area contributed by atoms with Gasteiger partial charge < -0.3 is 4.74 Å². The van der Waals surface area contributed by atoms with Crippen LogP contribution in [-0.2, 0) is 11.2 Å². The van der Waals surface area contributed by atoms with Crippen LogP contribution in [0.2, 0.25) is 0 Å². The van der Waals surface area contributed by atoms with Gasteiger partial charge in [0.2, 0.25) is 0 Å². The third kappa shape index (κ3) is 9.31. The van der Waals surface area contributed by atoms with E-state index in [4.69, 9.17) is 4.74 Å². The average molecular weight is 441 g/mol. The Morgan fingerprint density at radius 1 is 1.00 bits per heavy atom. The Labute approximate surface area is 196 Å². The molecule has 0 bridgehead atoms. The van der Waals surface area contributed by atoms with Crippen LogP contribution in [0.4, 0.5) is 0 Å².